The lowest BCUT2D eigenvalue weighted by Crippen LogP contribution is -2.27. The Hall–Kier alpha value is -3.24. The number of benzene rings is 3. The molecule has 1 unspecified atom stereocenters. The summed E-state index contributed by atoms with van der Waals surface area (Å²) in [5.41, 5.74) is 4.90. The van der Waals surface area contributed by atoms with Crippen molar-refractivity contribution in [3.05, 3.63) is 89.0 Å². The van der Waals surface area contributed by atoms with E-state index in [0.29, 0.717) is 0 Å². The van der Waals surface area contributed by atoms with Gasteiger partial charge in [-0.1, -0.05) is 61.5 Å². The Kier molecular flexibility index (Phi) is 8.96. The van der Waals surface area contributed by atoms with Crippen molar-refractivity contribution in [1.82, 2.24) is 4.90 Å². The summed E-state index contributed by atoms with van der Waals surface area (Å²) in [7, 11) is 7.25. The van der Waals surface area contributed by atoms with E-state index < -0.39 is 0 Å². The molecule has 0 aromatic heterocycles. The molecule has 3 rings (SSSR count). The van der Waals surface area contributed by atoms with Crippen molar-refractivity contribution >= 4 is 12.2 Å². The van der Waals surface area contributed by atoms with E-state index in [4.69, 9.17) is 14.2 Å². The van der Waals surface area contributed by atoms with Gasteiger partial charge in [-0.15, -0.1) is 0 Å². The fraction of sp³-hybridized carbons (Fsp3) is 0.310. The minimum Gasteiger partial charge on any atom is -0.497 e. The second kappa shape index (κ2) is 12.1. The van der Waals surface area contributed by atoms with E-state index in [2.05, 4.69) is 79.6 Å². The lowest BCUT2D eigenvalue weighted by Gasteiger charge is -2.29. The SMILES string of the molecule is CCC(c1cc(OC)ccc1C=Cc1ccccc1)N(C)CCc1ccc(OC)c(OC)c1. The van der Waals surface area contributed by atoms with Gasteiger partial charge in [0, 0.05) is 12.6 Å². The van der Waals surface area contributed by atoms with Gasteiger partial charge in [-0.05, 0) is 66.4 Å². The predicted octanol–water partition coefficient (Wildman–Crippen LogP) is 6.51. The predicted molar refractivity (Wildman–Crippen MR) is 137 cm³/mol. The quantitative estimate of drug-likeness (QED) is 0.315. The molecule has 4 nitrogen and oxygen atoms in total. The van der Waals surface area contributed by atoms with Crippen molar-refractivity contribution in [3.8, 4) is 17.2 Å². The molecule has 0 fully saturated rings. The van der Waals surface area contributed by atoms with Crippen LogP contribution in [0.25, 0.3) is 12.2 Å². The monoisotopic (exact) mass is 445 g/mol. The summed E-state index contributed by atoms with van der Waals surface area (Å²) in [6.07, 6.45) is 6.30. The number of methoxy groups -OCH3 is 3. The highest BCUT2D eigenvalue weighted by Gasteiger charge is 2.19. The van der Waals surface area contributed by atoms with Gasteiger partial charge in [0.15, 0.2) is 11.5 Å². The molecule has 0 bridgehead atoms. The summed E-state index contributed by atoms with van der Waals surface area (Å²) in [6.45, 7) is 3.16. The van der Waals surface area contributed by atoms with E-state index in [0.717, 1.165) is 36.6 Å². The maximum atomic E-state index is 5.56. The zero-order valence-corrected chi connectivity index (χ0v) is 20.4. The van der Waals surface area contributed by atoms with Gasteiger partial charge in [0.25, 0.3) is 0 Å². The Morgan fingerprint density at radius 3 is 2.24 bits per heavy atom. The zero-order valence-electron chi connectivity index (χ0n) is 20.4. The highest BCUT2D eigenvalue weighted by molar-refractivity contribution is 5.72. The number of rotatable bonds is 11. The van der Waals surface area contributed by atoms with Crippen molar-refractivity contribution in [3.63, 3.8) is 0 Å². The van der Waals surface area contributed by atoms with Crippen LogP contribution in [0.3, 0.4) is 0 Å². The van der Waals surface area contributed by atoms with Crippen LogP contribution in [0.15, 0.2) is 66.7 Å². The maximum absolute atomic E-state index is 5.56. The molecule has 0 radical (unpaired) electrons. The average molecular weight is 446 g/mol. The summed E-state index contributed by atoms with van der Waals surface area (Å²) in [5.74, 6) is 2.41. The third kappa shape index (κ3) is 6.39. The molecule has 0 heterocycles. The third-order valence-corrected chi connectivity index (χ3v) is 6.03. The molecule has 0 aliphatic carbocycles. The molecule has 0 saturated heterocycles. The first-order valence-corrected chi connectivity index (χ1v) is 11.4. The molecule has 0 spiro atoms. The van der Waals surface area contributed by atoms with Gasteiger partial charge in [-0.3, -0.25) is 4.90 Å². The van der Waals surface area contributed by atoms with Crippen LogP contribution in [0, 0.1) is 0 Å². The molecular weight excluding hydrogens is 410 g/mol. The number of likely N-dealkylation sites (N-methyl/N-ethyl adjacent to an activating group) is 1. The van der Waals surface area contributed by atoms with E-state index in [9.17, 15) is 0 Å². The van der Waals surface area contributed by atoms with Gasteiger partial charge in [0.1, 0.15) is 5.75 Å². The van der Waals surface area contributed by atoms with Gasteiger partial charge < -0.3 is 14.2 Å². The van der Waals surface area contributed by atoms with Gasteiger partial charge >= 0.3 is 0 Å². The summed E-state index contributed by atoms with van der Waals surface area (Å²) in [4.78, 5) is 2.42. The second-order valence-corrected chi connectivity index (χ2v) is 8.08. The molecule has 0 amide bonds. The van der Waals surface area contributed by atoms with Crippen molar-refractivity contribution in [2.24, 2.45) is 0 Å². The highest BCUT2D eigenvalue weighted by atomic mass is 16.5. The molecular formula is C29H35NO3. The van der Waals surface area contributed by atoms with Crippen LogP contribution in [0.2, 0.25) is 0 Å². The third-order valence-electron chi connectivity index (χ3n) is 6.03. The van der Waals surface area contributed by atoms with Crippen LogP contribution in [0.5, 0.6) is 17.2 Å². The molecule has 4 heteroatoms. The largest absolute Gasteiger partial charge is 0.497 e. The van der Waals surface area contributed by atoms with Crippen molar-refractivity contribution in [1.29, 1.82) is 0 Å². The lowest BCUT2D eigenvalue weighted by atomic mass is 9.95. The molecule has 174 valence electrons. The normalized spacial score (nSPS) is 12.2. The summed E-state index contributed by atoms with van der Waals surface area (Å²) in [5, 5.41) is 0. The molecule has 3 aromatic rings. The van der Waals surface area contributed by atoms with Gasteiger partial charge in [0.2, 0.25) is 0 Å². The number of hydrogen-bond donors (Lipinski definition) is 0. The van der Waals surface area contributed by atoms with E-state index in [1.165, 1.54) is 22.3 Å². The Bertz CT molecular complexity index is 1050. The van der Waals surface area contributed by atoms with Crippen LogP contribution in [0.4, 0.5) is 0 Å². The van der Waals surface area contributed by atoms with Gasteiger partial charge in [-0.2, -0.15) is 0 Å². The molecule has 1 atom stereocenters. The van der Waals surface area contributed by atoms with E-state index in [-0.39, 0.29) is 6.04 Å². The van der Waals surface area contributed by atoms with Crippen molar-refractivity contribution in [2.45, 2.75) is 25.8 Å². The first kappa shape index (κ1) is 24.4. The molecule has 3 aromatic carbocycles. The fourth-order valence-corrected chi connectivity index (χ4v) is 4.14. The van der Waals surface area contributed by atoms with E-state index in [1.807, 2.05) is 18.2 Å². The number of nitrogens with zero attached hydrogens (tertiary/aromatic N) is 1. The Morgan fingerprint density at radius 2 is 1.58 bits per heavy atom. The average Bonchev–Trinajstić information content (AvgIpc) is 2.87. The van der Waals surface area contributed by atoms with Crippen LogP contribution in [0.1, 0.15) is 41.6 Å². The van der Waals surface area contributed by atoms with Crippen molar-refractivity contribution in [2.75, 3.05) is 34.9 Å². The second-order valence-electron chi connectivity index (χ2n) is 8.08. The van der Waals surface area contributed by atoms with E-state index in [1.54, 1.807) is 21.3 Å². The topological polar surface area (TPSA) is 30.9 Å². The van der Waals surface area contributed by atoms with Crippen LogP contribution in [-0.2, 0) is 6.42 Å². The molecule has 0 saturated carbocycles. The summed E-state index contributed by atoms with van der Waals surface area (Å²) in [6, 6.07) is 23.2. The van der Waals surface area contributed by atoms with Gasteiger partial charge in [-0.25, -0.2) is 0 Å². The van der Waals surface area contributed by atoms with Gasteiger partial charge in [0.05, 0.1) is 21.3 Å². The first-order chi connectivity index (χ1) is 16.1. The molecule has 0 N–H and O–H groups in total. The maximum Gasteiger partial charge on any atom is 0.160 e. The fourth-order valence-electron chi connectivity index (χ4n) is 4.14. The first-order valence-electron chi connectivity index (χ1n) is 11.4. The van der Waals surface area contributed by atoms with Crippen LogP contribution >= 0.6 is 0 Å². The Balaban J connectivity index is 1.81. The van der Waals surface area contributed by atoms with Crippen LogP contribution < -0.4 is 14.2 Å². The highest BCUT2D eigenvalue weighted by Crippen LogP contribution is 2.32. The molecule has 0 aliphatic rings. The molecule has 33 heavy (non-hydrogen) atoms. The lowest BCUT2D eigenvalue weighted by molar-refractivity contribution is 0.240. The number of hydrogen-bond acceptors (Lipinski definition) is 4. The Morgan fingerprint density at radius 1 is 0.818 bits per heavy atom. The van der Waals surface area contributed by atoms with Crippen LogP contribution in [-0.4, -0.2) is 39.8 Å². The van der Waals surface area contributed by atoms with Crippen molar-refractivity contribution < 1.29 is 14.2 Å². The Labute approximate surface area is 198 Å². The van der Waals surface area contributed by atoms with E-state index >= 15 is 0 Å². The minimum atomic E-state index is 0.274. The molecule has 0 aliphatic heterocycles. The smallest absolute Gasteiger partial charge is 0.160 e. The summed E-state index contributed by atoms with van der Waals surface area (Å²) < 4.78 is 16.4. The standard InChI is InChI=1S/C29H35NO3/c1-6-27(30(2)19-18-23-13-17-28(32-4)29(20-23)33-5)26-21-25(31-3)16-15-24(26)14-12-22-10-8-7-9-11-22/h7-17,20-21,27H,6,18-19H2,1-5H3. The zero-order chi connectivity index (χ0) is 23.6. The number of ether oxygens (including phenoxy) is 3. The summed E-state index contributed by atoms with van der Waals surface area (Å²) >= 11 is 0. The minimum absolute atomic E-state index is 0.274.